The minimum atomic E-state index is -4.67. The van der Waals surface area contributed by atoms with Gasteiger partial charge in [0.1, 0.15) is 5.54 Å². The zero-order valence-electron chi connectivity index (χ0n) is 19.5. The molecule has 0 aliphatic rings. The fourth-order valence-electron chi connectivity index (χ4n) is 3.47. The second kappa shape index (κ2) is 9.19. The monoisotopic (exact) mass is 553 g/mol. The molecule has 37 heavy (non-hydrogen) atoms. The van der Waals surface area contributed by atoms with Crippen LogP contribution in [0.25, 0.3) is 21.1 Å². The number of nitrogens with one attached hydrogen (secondary N) is 3. The third-order valence-electron chi connectivity index (χ3n) is 5.47. The number of halogens is 4. The quantitative estimate of drug-likeness (QED) is 0.278. The number of carbonyl (C=O) groups excluding carboxylic acids is 3. The number of imide groups is 1. The van der Waals surface area contributed by atoms with Crippen molar-refractivity contribution in [3.05, 3.63) is 46.6 Å². The first-order valence-electron chi connectivity index (χ1n) is 10.5. The van der Waals surface area contributed by atoms with Gasteiger partial charge in [-0.1, -0.05) is 22.9 Å². The second-order valence-corrected chi connectivity index (χ2v) is 9.96. The Balaban J connectivity index is 1.61. The van der Waals surface area contributed by atoms with Crippen molar-refractivity contribution < 1.29 is 27.6 Å². The lowest BCUT2D eigenvalue weighted by atomic mass is 10.0. The van der Waals surface area contributed by atoms with E-state index in [1.807, 2.05) is 0 Å². The third-order valence-corrected chi connectivity index (χ3v) is 6.80. The van der Waals surface area contributed by atoms with Gasteiger partial charge >= 0.3 is 12.2 Å². The summed E-state index contributed by atoms with van der Waals surface area (Å²) in [5, 5.41) is 12.3. The van der Waals surface area contributed by atoms with Crippen molar-refractivity contribution >= 4 is 72.7 Å². The normalized spacial score (nSPS) is 12.1. The topological polar surface area (TPSA) is 146 Å². The first-order chi connectivity index (χ1) is 17.2. The summed E-state index contributed by atoms with van der Waals surface area (Å²) in [6, 6.07) is 4.22. The second-order valence-electron chi connectivity index (χ2n) is 8.55. The number of hydrogen-bond donors (Lipinski definition) is 4. The number of benzene rings is 2. The van der Waals surface area contributed by atoms with E-state index in [1.165, 1.54) is 45.3 Å². The van der Waals surface area contributed by atoms with Crippen LogP contribution in [-0.2, 0) is 11.0 Å². The molecule has 0 saturated carbocycles. The molecular formula is C22H19ClF3N7O3S. The number of thiazole rings is 1. The number of nitrogens with zero attached hydrogens (tertiary/aromatic N) is 3. The Bertz CT molecular complexity index is 1560. The summed E-state index contributed by atoms with van der Waals surface area (Å²) < 4.78 is 41.1. The summed E-state index contributed by atoms with van der Waals surface area (Å²) in [5.41, 5.74) is 3.05. The highest BCUT2D eigenvalue weighted by Gasteiger charge is 2.36. The maximum atomic E-state index is 13.6. The van der Waals surface area contributed by atoms with E-state index < -0.39 is 35.1 Å². The molecule has 0 radical (unpaired) electrons. The summed E-state index contributed by atoms with van der Waals surface area (Å²) in [4.78, 5) is 41.6. The maximum Gasteiger partial charge on any atom is 0.418 e. The molecule has 0 aliphatic heterocycles. The Kier molecular flexibility index (Phi) is 6.50. The average Bonchev–Trinajstić information content (AvgIpc) is 3.44. The molecule has 15 heteroatoms. The highest BCUT2D eigenvalue weighted by Crippen LogP contribution is 2.41. The van der Waals surface area contributed by atoms with Crippen LogP contribution in [0.15, 0.2) is 30.5 Å². The van der Waals surface area contributed by atoms with Crippen LogP contribution in [0.2, 0.25) is 5.02 Å². The average molecular weight is 554 g/mol. The van der Waals surface area contributed by atoms with E-state index in [0.29, 0.717) is 16.0 Å². The van der Waals surface area contributed by atoms with Crippen LogP contribution in [0.3, 0.4) is 0 Å². The van der Waals surface area contributed by atoms with Gasteiger partial charge in [-0.15, -0.1) is 0 Å². The number of nitrogens with two attached hydrogens (primary N) is 1. The van der Waals surface area contributed by atoms with Gasteiger partial charge in [0.05, 0.1) is 38.1 Å². The minimum Gasteiger partial charge on any atom is -0.372 e. The van der Waals surface area contributed by atoms with Crippen LogP contribution < -0.4 is 16.4 Å². The SMILES string of the molecule is CN(C(N)=O)C(=O)c1cc(NC(C)(C)C(=O)Nc2nc3c(C(F)(F)F)cc4[nH]ncc4c3s2)ccc1Cl. The molecule has 4 rings (SSSR count). The van der Waals surface area contributed by atoms with Crippen molar-refractivity contribution in [2.24, 2.45) is 5.73 Å². The largest absolute Gasteiger partial charge is 0.418 e. The van der Waals surface area contributed by atoms with Gasteiger partial charge in [-0.2, -0.15) is 18.3 Å². The fourth-order valence-corrected chi connectivity index (χ4v) is 4.67. The van der Waals surface area contributed by atoms with E-state index >= 15 is 0 Å². The smallest absolute Gasteiger partial charge is 0.372 e. The van der Waals surface area contributed by atoms with Crippen LogP contribution in [-0.4, -0.2) is 50.5 Å². The number of rotatable bonds is 5. The molecule has 0 saturated heterocycles. The summed E-state index contributed by atoms with van der Waals surface area (Å²) in [5.74, 6) is -1.36. The number of aromatic amines is 1. The molecule has 2 heterocycles. The van der Waals surface area contributed by atoms with Gasteiger partial charge in [0.15, 0.2) is 5.13 Å². The lowest BCUT2D eigenvalue weighted by molar-refractivity contribution is -0.136. The van der Waals surface area contributed by atoms with Crippen LogP contribution >= 0.6 is 22.9 Å². The zero-order chi connectivity index (χ0) is 27.3. The molecule has 4 amide bonds. The van der Waals surface area contributed by atoms with Gasteiger partial charge in [0.2, 0.25) is 0 Å². The van der Waals surface area contributed by atoms with Crippen LogP contribution in [0.4, 0.5) is 28.8 Å². The van der Waals surface area contributed by atoms with Gasteiger partial charge in [-0.25, -0.2) is 9.78 Å². The standard InChI is InChI=1S/C22H19ClF3N7O3S/c1-21(2,31-9-4-5-13(23)10(6-9)17(34)33(3)19(27)36)18(35)30-20-29-15-12(22(24,25)26)7-14-11(8-28-32-14)16(15)37-20/h4-8,31H,1-3H3,(H2,27,36)(H,28,32)(H,29,30,35). The van der Waals surface area contributed by atoms with Crippen molar-refractivity contribution in [1.82, 2.24) is 20.1 Å². The molecule has 2 aromatic heterocycles. The molecule has 5 N–H and O–H groups in total. The van der Waals surface area contributed by atoms with Gasteiger partial charge in [-0.3, -0.25) is 24.9 Å². The molecule has 0 bridgehead atoms. The Morgan fingerprint density at radius 3 is 2.54 bits per heavy atom. The van der Waals surface area contributed by atoms with E-state index in [-0.39, 0.29) is 31.5 Å². The number of primary amides is 1. The molecule has 0 aliphatic carbocycles. The Morgan fingerprint density at radius 2 is 1.89 bits per heavy atom. The van der Waals surface area contributed by atoms with Crippen molar-refractivity contribution in [1.29, 1.82) is 0 Å². The number of H-pyrrole nitrogens is 1. The number of anilines is 2. The number of amides is 4. The molecule has 194 valence electrons. The van der Waals surface area contributed by atoms with Gasteiger partial charge < -0.3 is 11.1 Å². The highest BCUT2D eigenvalue weighted by atomic mass is 35.5. The van der Waals surface area contributed by atoms with Crippen LogP contribution in [0.1, 0.15) is 29.8 Å². The van der Waals surface area contributed by atoms with Crippen molar-refractivity contribution in [3.8, 4) is 0 Å². The zero-order valence-corrected chi connectivity index (χ0v) is 21.0. The lowest BCUT2D eigenvalue weighted by Crippen LogP contribution is -2.44. The lowest BCUT2D eigenvalue weighted by Gasteiger charge is -2.26. The number of alkyl halides is 3. The molecule has 0 fully saturated rings. The number of urea groups is 1. The predicted molar refractivity (Wildman–Crippen MR) is 134 cm³/mol. The summed E-state index contributed by atoms with van der Waals surface area (Å²) >= 11 is 6.98. The number of hydrogen-bond acceptors (Lipinski definition) is 7. The Labute approximate surface area is 216 Å². The Morgan fingerprint density at radius 1 is 1.19 bits per heavy atom. The molecule has 4 aromatic rings. The molecule has 0 unspecified atom stereocenters. The van der Waals surface area contributed by atoms with E-state index in [2.05, 4.69) is 25.8 Å². The van der Waals surface area contributed by atoms with Gasteiger partial charge in [-0.05, 0) is 38.1 Å². The highest BCUT2D eigenvalue weighted by molar-refractivity contribution is 7.23. The minimum absolute atomic E-state index is 0.0286. The molecule has 0 atom stereocenters. The molecule has 0 spiro atoms. The number of aromatic nitrogens is 3. The van der Waals surface area contributed by atoms with Crippen molar-refractivity contribution in [2.75, 3.05) is 17.7 Å². The molecule has 10 nitrogen and oxygen atoms in total. The third kappa shape index (κ3) is 5.02. The Hall–Kier alpha value is -3.91. The first kappa shape index (κ1) is 26.2. The summed E-state index contributed by atoms with van der Waals surface area (Å²) in [6.07, 6.45) is -3.28. The molecule has 2 aromatic carbocycles. The number of carbonyl (C=O) groups is 3. The van der Waals surface area contributed by atoms with E-state index in [9.17, 15) is 27.6 Å². The van der Waals surface area contributed by atoms with Gasteiger partial charge in [0.25, 0.3) is 11.8 Å². The van der Waals surface area contributed by atoms with E-state index in [1.54, 1.807) is 0 Å². The summed E-state index contributed by atoms with van der Waals surface area (Å²) in [7, 11) is 1.19. The number of fused-ring (bicyclic) bond motifs is 3. The van der Waals surface area contributed by atoms with Crippen molar-refractivity contribution in [2.45, 2.75) is 25.6 Å². The summed E-state index contributed by atoms with van der Waals surface area (Å²) in [6.45, 7) is 3.05. The van der Waals surface area contributed by atoms with E-state index in [0.717, 1.165) is 17.4 Å². The predicted octanol–water partition coefficient (Wildman–Crippen LogP) is 4.82. The maximum absolute atomic E-state index is 13.6. The first-order valence-corrected chi connectivity index (χ1v) is 11.7. The fraction of sp³-hybridized carbons (Fsp3) is 0.227. The van der Waals surface area contributed by atoms with Crippen LogP contribution in [0, 0.1) is 0 Å². The van der Waals surface area contributed by atoms with Crippen LogP contribution in [0.5, 0.6) is 0 Å². The molecular weight excluding hydrogens is 535 g/mol. The van der Waals surface area contributed by atoms with Gasteiger partial charge in [0, 0.05) is 18.1 Å². The van der Waals surface area contributed by atoms with Crippen molar-refractivity contribution in [3.63, 3.8) is 0 Å². The van der Waals surface area contributed by atoms with E-state index in [4.69, 9.17) is 17.3 Å².